The highest BCUT2D eigenvalue weighted by molar-refractivity contribution is 7.90. The molecule has 9 nitrogen and oxygen atoms in total. The van der Waals surface area contributed by atoms with Crippen LogP contribution in [-0.2, 0) is 19.6 Å². The molecule has 0 radical (unpaired) electrons. The zero-order valence-corrected chi connectivity index (χ0v) is 17.1. The van der Waals surface area contributed by atoms with E-state index in [2.05, 4.69) is 14.6 Å². The first kappa shape index (κ1) is 20.1. The van der Waals surface area contributed by atoms with Gasteiger partial charge in [0.2, 0.25) is 5.91 Å². The number of sulfonamides is 1. The van der Waals surface area contributed by atoms with E-state index in [1.165, 1.54) is 0 Å². The van der Waals surface area contributed by atoms with Crippen LogP contribution in [-0.4, -0.2) is 56.4 Å². The van der Waals surface area contributed by atoms with Gasteiger partial charge in [0, 0.05) is 31.8 Å². The van der Waals surface area contributed by atoms with Crippen LogP contribution in [0.4, 0.5) is 11.4 Å². The van der Waals surface area contributed by atoms with Crippen molar-refractivity contribution >= 4 is 39.0 Å². The van der Waals surface area contributed by atoms with Crippen molar-refractivity contribution in [1.29, 1.82) is 0 Å². The van der Waals surface area contributed by atoms with E-state index in [4.69, 9.17) is 5.73 Å². The maximum Gasteiger partial charge on any atom is 0.259 e. The Morgan fingerprint density at radius 2 is 1.87 bits per heavy atom. The normalized spacial score (nSPS) is 20.8. The fraction of sp³-hybridized carbons (Fsp3) is 0.350. The average molecular weight is 430 g/mol. The number of hydrogen-bond acceptors (Lipinski definition) is 6. The van der Waals surface area contributed by atoms with Crippen molar-refractivity contribution in [3.05, 3.63) is 48.2 Å². The molecule has 0 spiro atoms. The lowest BCUT2D eigenvalue weighted by Gasteiger charge is -2.33. The second kappa shape index (κ2) is 7.94. The topological polar surface area (TPSA) is 125 Å². The Morgan fingerprint density at radius 1 is 1.13 bits per heavy atom. The Bertz CT molecular complexity index is 1070. The number of carbonyl (C=O) groups is 2. The number of nitrogens with one attached hydrogen (secondary N) is 1. The number of allylic oxidation sites excluding steroid dienone is 2. The maximum atomic E-state index is 13.0. The van der Waals surface area contributed by atoms with E-state index in [1.54, 1.807) is 29.3 Å². The molecule has 1 aromatic carbocycles. The van der Waals surface area contributed by atoms with Crippen LogP contribution in [0.25, 0.3) is 0 Å². The molecule has 0 saturated carbocycles. The fourth-order valence-electron chi connectivity index (χ4n) is 3.84. The van der Waals surface area contributed by atoms with Crippen LogP contribution in [0.1, 0.15) is 12.8 Å². The van der Waals surface area contributed by atoms with E-state index in [-0.39, 0.29) is 35.5 Å². The summed E-state index contributed by atoms with van der Waals surface area (Å²) in [5, 5.41) is 2.90. The number of fused-ring (bicyclic) bond motifs is 1. The zero-order chi connectivity index (χ0) is 21.3. The van der Waals surface area contributed by atoms with Crippen LogP contribution in [0.5, 0.6) is 0 Å². The first-order valence-corrected chi connectivity index (χ1v) is 11.4. The number of para-hydroxylation sites is 2. The number of amidine groups is 1. The SMILES string of the molecule is NC(=O)C1CCN(c2ccccc2NC(=O)C2=CC=CN3CCS(=O)(=O)N=C23)CC1. The molecule has 0 bridgehead atoms. The van der Waals surface area contributed by atoms with Crippen molar-refractivity contribution in [2.24, 2.45) is 16.0 Å². The molecule has 3 heterocycles. The van der Waals surface area contributed by atoms with Crippen LogP contribution in [0, 0.1) is 5.92 Å². The van der Waals surface area contributed by atoms with E-state index in [0.717, 1.165) is 5.69 Å². The van der Waals surface area contributed by atoms with Gasteiger partial charge < -0.3 is 20.9 Å². The van der Waals surface area contributed by atoms with Crippen molar-refractivity contribution in [3.63, 3.8) is 0 Å². The lowest BCUT2D eigenvalue weighted by atomic mass is 9.96. The fourth-order valence-corrected chi connectivity index (χ4v) is 4.83. The van der Waals surface area contributed by atoms with E-state index in [1.807, 2.05) is 18.2 Å². The van der Waals surface area contributed by atoms with E-state index < -0.39 is 15.9 Å². The second-order valence-electron chi connectivity index (χ2n) is 7.45. The summed E-state index contributed by atoms with van der Waals surface area (Å²) in [6, 6.07) is 7.40. The van der Waals surface area contributed by atoms with Gasteiger partial charge in [-0.2, -0.15) is 0 Å². The molecule has 2 amide bonds. The number of amides is 2. The predicted molar refractivity (Wildman–Crippen MR) is 114 cm³/mol. The quantitative estimate of drug-likeness (QED) is 0.730. The van der Waals surface area contributed by atoms with E-state index >= 15 is 0 Å². The summed E-state index contributed by atoms with van der Waals surface area (Å²) < 4.78 is 27.7. The van der Waals surface area contributed by atoms with E-state index in [0.29, 0.717) is 31.6 Å². The van der Waals surface area contributed by atoms with Gasteiger partial charge in [-0.3, -0.25) is 9.59 Å². The summed E-state index contributed by atoms with van der Waals surface area (Å²) >= 11 is 0. The summed E-state index contributed by atoms with van der Waals surface area (Å²) in [6.07, 6.45) is 6.30. The minimum Gasteiger partial charge on any atom is -0.370 e. The largest absolute Gasteiger partial charge is 0.370 e. The number of primary amides is 1. The van der Waals surface area contributed by atoms with Crippen LogP contribution in [0.3, 0.4) is 0 Å². The smallest absolute Gasteiger partial charge is 0.259 e. The van der Waals surface area contributed by atoms with Crippen molar-refractivity contribution in [2.45, 2.75) is 12.8 Å². The van der Waals surface area contributed by atoms with Gasteiger partial charge in [-0.05, 0) is 37.1 Å². The Kier molecular flexibility index (Phi) is 5.33. The molecule has 3 aliphatic rings. The number of benzene rings is 1. The molecule has 0 aromatic heterocycles. The van der Waals surface area contributed by atoms with E-state index in [9.17, 15) is 18.0 Å². The number of nitrogens with two attached hydrogens (primary N) is 1. The van der Waals surface area contributed by atoms with Gasteiger partial charge in [0.25, 0.3) is 15.9 Å². The number of carbonyl (C=O) groups excluding carboxylic acids is 2. The van der Waals surface area contributed by atoms with Crippen LogP contribution >= 0.6 is 0 Å². The Morgan fingerprint density at radius 3 is 2.60 bits per heavy atom. The average Bonchev–Trinajstić information content (AvgIpc) is 2.73. The molecule has 0 aliphatic carbocycles. The Hall–Kier alpha value is -3.14. The first-order chi connectivity index (χ1) is 14.3. The first-order valence-electron chi connectivity index (χ1n) is 9.77. The summed E-state index contributed by atoms with van der Waals surface area (Å²) in [5.41, 5.74) is 7.07. The van der Waals surface area contributed by atoms with Gasteiger partial charge in [-0.25, -0.2) is 8.42 Å². The minimum absolute atomic E-state index is 0.0835. The Balaban J connectivity index is 1.55. The van der Waals surface area contributed by atoms with Crippen molar-refractivity contribution in [2.75, 3.05) is 35.6 Å². The summed E-state index contributed by atoms with van der Waals surface area (Å²) in [6.45, 7) is 1.57. The number of hydrogen-bond donors (Lipinski definition) is 2. The molecule has 30 heavy (non-hydrogen) atoms. The monoisotopic (exact) mass is 429 g/mol. The zero-order valence-electron chi connectivity index (χ0n) is 16.3. The van der Waals surface area contributed by atoms with Crippen molar-refractivity contribution in [1.82, 2.24) is 4.90 Å². The third-order valence-corrected chi connectivity index (χ3v) is 6.64. The van der Waals surface area contributed by atoms with Crippen LogP contribution in [0.15, 0.2) is 52.6 Å². The molecule has 0 unspecified atom stereocenters. The van der Waals surface area contributed by atoms with Gasteiger partial charge in [0.05, 0.1) is 22.7 Å². The summed E-state index contributed by atoms with van der Waals surface area (Å²) in [4.78, 5) is 28.2. The third kappa shape index (κ3) is 4.09. The highest BCUT2D eigenvalue weighted by atomic mass is 32.2. The molecular formula is C20H23N5O4S. The molecule has 4 rings (SSSR count). The molecule has 1 saturated heterocycles. The molecule has 1 aromatic rings. The molecule has 10 heteroatoms. The highest BCUT2D eigenvalue weighted by Crippen LogP contribution is 2.30. The lowest BCUT2D eigenvalue weighted by molar-refractivity contribution is -0.122. The van der Waals surface area contributed by atoms with Crippen molar-refractivity contribution < 1.29 is 18.0 Å². The lowest BCUT2D eigenvalue weighted by Crippen LogP contribution is -2.41. The van der Waals surface area contributed by atoms with Crippen LogP contribution in [0.2, 0.25) is 0 Å². The van der Waals surface area contributed by atoms with Gasteiger partial charge in [0.1, 0.15) is 0 Å². The minimum atomic E-state index is -3.58. The standard InChI is InChI=1S/C20H23N5O4S/c21-18(26)14-7-10-24(11-8-14)17-6-2-1-5-16(17)22-20(27)15-4-3-9-25-12-13-30(28,29)23-19(15)25/h1-6,9,14H,7-8,10-13H2,(H2,21,26)(H,22,27). The molecule has 0 atom stereocenters. The van der Waals surface area contributed by atoms with Crippen LogP contribution < -0.4 is 16.0 Å². The molecule has 3 aliphatic heterocycles. The highest BCUT2D eigenvalue weighted by Gasteiger charge is 2.31. The summed E-state index contributed by atoms with van der Waals surface area (Å²) in [5.74, 6) is -0.777. The van der Waals surface area contributed by atoms with Crippen molar-refractivity contribution in [3.8, 4) is 0 Å². The molecule has 1 fully saturated rings. The number of rotatable bonds is 4. The third-order valence-electron chi connectivity index (χ3n) is 5.49. The molecule has 3 N–H and O–H groups in total. The number of piperidine rings is 1. The predicted octanol–water partition coefficient (Wildman–Crippen LogP) is 0.824. The molecular weight excluding hydrogens is 406 g/mol. The van der Waals surface area contributed by atoms with Gasteiger partial charge >= 0.3 is 0 Å². The maximum absolute atomic E-state index is 13.0. The summed E-state index contributed by atoms with van der Waals surface area (Å²) in [7, 11) is -3.58. The number of anilines is 2. The number of nitrogens with zero attached hydrogens (tertiary/aromatic N) is 3. The molecule has 158 valence electrons. The Labute approximate surface area is 175 Å². The second-order valence-corrected chi connectivity index (χ2v) is 9.21. The van der Waals surface area contributed by atoms with Gasteiger partial charge in [-0.15, -0.1) is 4.40 Å². The van der Waals surface area contributed by atoms with Gasteiger partial charge in [-0.1, -0.05) is 12.1 Å². The van der Waals surface area contributed by atoms with Gasteiger partial charge in [0.15, 0.2) is 5.84 Å².